The fourth-order valence-electron chi connectivity index (χ4n) is 3.95. The third-order valence-electron chi connectivity index (χ3n) is 5.47. The van der Waals surface area contributed by atoms with Crippen LogP contribution in [0.15, 0.2) is 41.2 Å². The SMILES string of the molecule is O=c1[nH]c2cc(Cl)c([N+](=O)[O-])cc2c(OCCC2CCCCN2)c1-c1cccc(Cl)c1. The molecule has 0 bridgehead atoms. The minimum atomic E-state index is -0.554. The van der Waals surface area contributed by atoms with Gasteiger partial charge in [0, 0.05) is 22.5 Å². The lowest BCUT2D eigenvalue weighted by Gasteiger charge is -2.23. The molecule has 0 saturated carbocycles. The van der Waals surface area contributed by atoms with Crippen LogP contribution >= 0.6 is 23.2 Å². The number of nitrogens with zero attached hydrogens (tertiary/aromatic N) is 1. The summed E-state index contributed by atoms with van der Waals surface area (Å²) in [7, 11) is 0. The molecular formula is C22H21Cl2N3O4. The summed E-state index contributed by atoms with van der Waals surface area (Å²) in [5.74, 6) is 0.289. The zero-order valence-electron chi connectivity index (χ0n) is 16.6. The third kappa shape index (κ3) is 4.69. The highest BCUT2D eigenvalue weighted by atomic mass is 35.5. The molecular weight excluding hydrogens is 441 g/mol. The Labute approximate surface area is 188 Å². The fourth-order valence-corrected chi connectivity index (χ4v) is 4.37. The van der Waals surface area contributed by atoms with Crippen LogP contribution in [0.4, 0.5) is 5.69 Å². The number of pyridine rings is 1. The highest BCUT2D eigenvalue weighted by Gasteiger charge is 2.22. The van der Waals surface area contributed by atoms with Crippen LogP contribution in [0, 0.1) is 10.1 Å². The van der Waals surface area contributed by atoms with Crippen molar-refractivity contribution in [2.45, 2.75) is 31.7 Å². The quantitative estimate of drug-likeness (QED) is 0.382. The predicted octanol–water partition coefficient (Wildman–Crippen LogP) is 5.32. The van der Waals surface area contributed by atoms with Crippen LogP contribution in [0.2, 0.25) is 10.0 Å². The van der Waals surface area contributed by atoms with E-state index in [2.05, 4.69) is 10.3 Å². The summed E-state index contributed by atoms with van der Waals surface area (Å²) in [6.45, 7) is 1.34. The first kappa shape index (κ1) is 21.6. The smallest absolute Gasteiger partial charge is 0.288 e. The Hall–Kier alpha value is -2.61. The number of nitro groups is 1. The maximum absolute atomic E-state index is 13.0. The Balaban J connectivity index is 1.82. The van der Waals surface area contributed by atoms with Crippen molar-refractivity contribution in [2.24, 2.45) is 0 Å². The van der Waals surface area contributed by atoms with Gasteiger partial charge in [-0.25, -0.2) is 0 Å². The van der Waals surface area contributed by atoms with E-state index in [4.69, 9.17) is 27.9 Å². The zero-order chi connectivity index (χ0) is 22.0. The van der Waals surface area contributed by atoms with E-state index in [0.717, 1.165) is 19.4 Å². The van der Waals surface area contributed by atoms with Crippen molar-refractivity contribution in [2.75, 3.05) is 13.2 Å². The molecule has 7 nitrogen and oxygen atoms in total. The van der Waals surface area contributed by atoms with Gasteiger partial charge in [0.25, 0.3) is 11.2 Å². The topological polar surface area (TPSA) is 97.3 Å². The second kappa shape index (κ2) is 9.26. The molecule has 2 heterocycles. The summed E-state index contributed by atoms with van der Waals surface area (Å²) in [6, 6.07) is 9.94. The molecule has 162 valence electrons. The lowest BCUT2D eigenvalue weighted by Crippen LogP contribution is -2.35. The Morgan fingerprint density at radius 2 is 2.03 bits per heavy atom. The van der Waals surface area contributed by atoms with E-state index in [9.17, 15) is 14.9 Å². The third-order valence-corrected chi connectivity index (χ3v) is 6.01. The fraction of sp³-hybridized carbons (Fsp3) is 0.318. The Bertz CT molecular complexity index is 1190. The van der Waals surface area contributed by atoms with Crippen molar-refractivity contribution in [3.05, 3.63) is 66.9 Å². The highest BCUT2D eigenvalue weighted by Crippen LogP contribution is 2.38. The predicted molar refractivity (Wildman–Crippen MR) is 122 cm³/mol. The number of aromatic nitrogens is 1. The van der Waals surface area contributed by atoms with Gasteiger partial charge >= 0.3 is 0 Å². The molecule has 3 aromatic rings. The highest BCUT2D eigenvalue weighted by molar-refractivity contribution is 6.33. The van der Waals surface area contributed by atoms with Crippen molar-refractivity contribution in [3.8, 4) is 16.9 Å². The largest absolute Gasteiger partial charge is 0.492 e. The van der Waals surface area contributed by atoms with Gasteiger partial charge in [0.1, 0.15) is 10.8 Å². The molecule has 2 N–H and O–H groups in total. The standard InChI is InChI=1S/C22H21Cl2N3O4/c23-14-5-3-4-13(10-14)20-21(31-9-7-15-6-1-2-8-25-15)16-11-19(27(29)30)17(24)12-18(16)26-22(20)28/h3-5,10-12,15,25H,1-2,6-9H2,(H,26,28). The summed E-state index contributed by atoms with van der Waals surface area (Å²) in [6.07, 6.45) is 4.17. The summed E-state index contributed by atoms with van der Waals surface area (Å²) < 4.78 is 6.13. The molecule has 0 aliphatic carbocycles. The van der Waals surface area contributed by atoms with Gasteiger partial charge < -0.3 is 15.0 Å². The van der Waals surface area contributed by atoms with Crippen LogP contribution in [0.5, 0.6) is 5.75 Å². The number of nitrogens with one attached hydrogen (secondary N) is 2. The van der Waals surface area contributed by atoms with Gasteiger partial charge in [0.15, 0.2) is 0 Å². The van der Waals surface area contributed by atoms with Gasteiger partial charge in [-0.15, -0.1) is 0 Å². The van der Waals surface area contributed by atoms with E-state index in [1.54, 1.807) is 24.3 Å². The van der Waals surface area contributed by atoms with E-state index in [1.165, 1.54) is 25.0 Å². The minimum absolute atomic E-state index is 0.0546. The van der Waals surface area contributed by atoms with Crippen LogP contribution in [0.25, 0.3) is 22.0 Å². The molecule has 1 aliphatic heterocycles. The van der Waals surface area contributed by atoms with E-state index in [-0.39, 0.29) is 27.6 Å². The van der Waals surface area contributed by atoms with Crippen LogP contribution < -0.4 is 15.6 Å². The first-order valence-electron chi connectivity index (χ1n) is 10.1. The number of halogens is 2. The van der Waals surface area contributed by atoms with Crippen LogP contribution in [-0.4, -0.2) is 29.1 Å². The van der Waals surface area contributed by atoms with Crippen molar-refractivity contribution in [3.63, 3.8) is 0 Å². The second-order valence-corrected chi connectivity index (χ2v) is 8.40. The van der Waals surface area contributed by atoms with Gasteiger partial charge in [-0.1, -0.05) is 41.8 Å². The summed E-state index contributed by atoms with van der Waals surface area (Å²) in [5.41, 5.74) is 0.585. The number of benzene rings is 2. The van der Waals surface area contributed by atoms with Crippen LogP contribution in [0.1, 0.15) is 25.7 Å². The monoisotopic (exact) mass is 461 g/mol. The molecule has 1 aromatic heterocycles. The molecule has 1 fully saturated rings. The van der Waals surface area contributed by atoms with E-state index >= 15 is 0 Å². The molecule has 1 unspecified atom stereocenters. The van der Waals surface area contributed by atoms with Gasteiger partial charge in [0.05, 0.1) is 22.6 Å². The van der Waals surface area contributed by atoms with Crippen molar-refractivity contribution in [1.82, 2.24) is 10.3 Å². The molecule has 0 amide bonds. The van der Waals surface area contributed by atoms with Crippen molar-refractivity contribution >= 4 is 39.8 Å². The summed E-state index contributed by atoms with van der Waals surface area (Å²) >= 11 is 12.2. The van der Waals surface area contributed by atoms with E-state index < -0.39 is 4.92 Å². The number of hydrogen-bond acceptors (Lipinski definition) is 5. The molecule has 1 atom stereocenters. The number of fused-ring (bicyclic) bond motifs is 1. The molecule has 1 saturated heterocycles. The molecule has 31 heavy (non-hydrogen) atoms. The van der Waals surface area contributed by atoms with Crippen LogP contribution in [-0.2, 0) is 0 Å². The number of hydrogen-bond donors (Lipinski definition) is 2. The first-order valence-corrected chi connectivity index (χ1v) is 10.9. The normalized spacial score (nSPS) is 16.4. The van der Waals surface area contributed by atoms with Crippen LogP contribution in [0.3, 0.4) is 0 Å². The average Bonchev–Trinajstić information content (AvgIpc) is 2.73. The number of nitro benzene ring substituents is 1. The molecule has 0 spiro atoms. The molecule has 2 aromatic carbocycles. The lowest BCUT2D eigenvalue weighted by atomic mass is 10.0. The van der Waals surface area contributed by atoms with Gasteiger partial charge in [0.2, 0.25) is 0 Å². The summed E-state index contributed by atoms with van der Waals surface area (Å²) in [5, 5.41) is 15.7. The van der Waals surface area contributed by atoms with Gasteiger partial charge in [-0.2, -0.15) is 0 Å². The average molecular weight is 462 g/mol. The maximum Gasteiger partial charge on any atom is 0.288 e. The zero-order valence-corrected chi connectivity index (χ0v) is 18.1. The second-order valence-electron chi connectivity index (χ2n) is 7.56. The number of H-pyrrole nitrogens is 1. The van der Waals surface area contributed by atoms with Gasteiger partial charge in [-0.05, 0) is 49.6 Å². The Morgan fingerprint density at radius 1 is 1.19 bits per heavy atom. The first-order chi connectivity index (χ1) is 14.9. The lowest BCUT2D eigenvalue weighted by molar-refractivity contribution is -0.384. The van der Waals surface area contributed by atoms with E-state index in [0.29, 0.717) is 34.1 Å². The van der Waals surface area contributed by atoms with E-state index in [1.807, 2.05) is 0 Å². The number of aromatic amines is 1. The molecule has 1 aliphatic rings. The number of ether oxygens (including phenoxy) is 1. The Kier molecular flexibility index (Phi) is 6.46. The molecule has 9 heteroatoms. The minimum Gasteiger partial charge on any atom is -0.492 e. The van der Waals surface area contributed by atoms with Gasteiger partial charge in [-0.3, -0.25) is 14.9 Å². The molecule has 0 radical (unpaired) electrons. The molecule has 4 rings (SSSR count). The number of piperidine rings is 1. The van der Waals surface area contributed by atoms with Crippen molar-refractivity contribution in [1.29, 1.82) is 0 Å². The Morgan fingerprint density at radius 3 is 2.74 bits per heavy atom. The number of rotatable bonds is 6. The maximum atomic E-state index is 13.0. The summed E-state index contributed by atoms with van der Waals surface area (Å²) in [4.78, 5) is 26.7. The van der Waals surface area contributed by atoms with Crippen molar-refractivity contribution < 1.29 is 9.66 Å².